The van der Waals surface area contributed by atoms with Crippen LogP contribution in [-0.2, 0) is 14.8 Å². The van der Waals surface area contributed by atoms with Gasteiger partial charge in [0.1, 0.15) is 11.5 Å². The van der Waals surface area contributed by atoms with Gasteiger partial charge in [0.2, 0.25) is 10.0 Å². The Morgan fingerprint density at radius 3 is 2.49 bits per heavy atom. The van der Waals surface area contributed by atoms with Crippen LogP contribution < -0.4 is 20.1 Å². The maximum absolute atomic E-state index is 14.5. The summed E-state index contributed by atoms with van der Waals surface area (Å²) < 4.78 is 46.3. The first kappa shape index (κ1) is 39.5. The molecule has 1 aliphatic heterocycles. The minimum atomic E-state index is -3.87. The number of hydrogen-bond donors (Lipinski definition) is 3. The molecular formula is C40H50N4O8S. The number of fused-ring (bicyclic) bond motifs is 2. The average Bonchev–Trinajstić information content (AvgIpc) is 3.16. The first-order valence-corrected chi connectivity index (χ1v) is 19.4. The molecule has 1 heterocycles. The second kappa shape index (κ2) is 17.9. The van der Waals surface area contributed by atoms with Gasteiger partial charge in [-0.1, -0.05) is 43.3 Å². The fourth-order valence-electron chi connectivity index (χ4n) is 6.36. The van der Waals surface area contributed by atoms with Crippen molar-refractivity contribution in [3.63, 3.8) is 0 Å². The van der Waals surface area contributed by atoms with E-state index in [1.54, 1.807) is 42.2 Å². The Labute approximate surface area is 312 Å². The Kier molecular flexibility index (Phi) is 13.3. The molecule has 0 spiro atoms. The summed E-state index contributed by atoms with van der Waals surface area (Å²) >= 11 is 0. The van der Waals surface area contributed by atoms with Crippen LogP contribution in [-0.4, -0.2) is 93.4 Å². The Bertz CT molecular complexity index is 1970. The van der Waals surface area contributed by atoms with Gasteiger partial charge in [-0.15, -0.1) is 0 Å². The van der Waals surface area contributed by atoms with Crippen molar-refractivity contribution in [2.75, 3.05) is 51.1 Å². The van der Waals surface area contributed by atoms with E-state index in [1.807, 2.05) is 56.3 Å². The summed E-state index contributed by atoms with van der Waals surface area (Å²) in [6.45, 7) is 5.86. The van der Waals surface area contributed by atoms with E-state index < -0.39 is 34.1 Å². The zero-order valence-electron chi connectivity index (χ0n) is 30.9. The van der Waals surface area contributed by atoms with Gasteiger partial charge >= 0.3 is 6.03 Å². The van der Waals surface area contributed by atoms with Crippen LogP contribution in [0.3, 0.4) is 0 Å². The number of carbonyl (C=O) groups excluding carboxylic acids is 2. The number of hydrogen-bond acceptors (Lipinski definition) is 8. The second-order valence-electron chi connectivity index (χ2n) is 13.6. The van der Waals surface area contributed by atoms with Gasteiger partial charge in [0.05, 0.1) is 48.1 Å². The van der Waals surface area contributed by atoms with Gasteiger partial charge in [-0.2, -0.15) is 4.31 Å². The summed E-state index contributed by atoms with van der Waals surface area (Å²) in [5.41, 5.74) is 1.24. The smallest absolute Gasteiger partial charge is 0.323 e. The van der Waals surface area contributed by atoms with E-state index in [0.717, 1.165) is 23.6 Å². The highest BCUT2D eigenvalue weighted by Gasteiger charge is 2.32. The van der Waals surface area contributed by atoms with Gasteiger partial charge in [0.15, 0.2) is 0 Å². The lowest BCUT2D eigenvalue weighted by atomic mass is 10.0. The van der Waals surface area contributed by atoms with Crippen LogP contribution in [0.15, 0.2) is 89.8 Å². The van der Waals surface area contributed by atoms with E-state index in [1.165, 1.54) is 30.6 Å². The third-order valence-corrected chi connectivity index (χ3v) is 11.4. The van der Waals surface area contributed by atoms with E-state index in [4.69, 9.17) is 14.2 Å². The summed E-state index contributed by atoms with van der Waals surface area (Å²) in [6, 6.07) is 23.5. The highest BCUT2D eigenvalue weighted by molar-refractivity contribution is 7.89. The first-order chi connectivity index (χ1) is 25.4. The van der Waals surface area contributed by atoms with Crippen molar-refractivity contribution in [2.24, 2.45) is 5.92 Å². The Balaban J connectivity index is 1.41. The molecule has 0 fully saturated rings. The van der Waals surface area contributed by atoms with Gasteiger partial charge in [-0.3, -0.25) is 4.79 Å². The summed E-state index contributed by atoms with van der Waals surface area (Å²) in [4.78, 5) is 29.4. The van der Waals surface area contributed by atoms with E-state index in [0.29, 0.717) is 35.9 Å². The third-order valence-electron chi connectivity index (χ3n) is 9.55. The molecule has 4 aromatic carbocycles. The van der Waals surface area contributed by atoms with Crippen LogP contribution in [0.4, 0.5) is 16.2 Å². The number of ether oxygens (including phenoxy) is 3. The summed E-state index contributed by atoms with van der Waals surface area (Å²) in [5, 5.41) is 17.9. The predicted molar refractivity (Wildman–Crippen MR) is 206 cm³/mol. The number of amides is 3. The number of carbonyl (C=O) groups is 2. The van der Waals surface area contributed by atoms with Gasteiger partial charge in [-0.25, -0.2) is 13.2 Å². The molecule has 53 heavy (non-hydrogen) atoms. The highest BCUT2D eigenvalue weighted by atomic mass is 32.2. The standard InChI is InChI=1S/C40H50N4O8S/c1-27-24-44(28(2)26-45)39(46)35-23-31(41-40(47)42-36-15-10-13-30-12-6-7-14-34(30)36)16-21-37(35)52-29(3)11-8-9-22-51-38(27)25-43(4)53(48,49)33-19-17-32(50-5)18-20-33/h6-7,10,12-21,23,27-29,38,45H,8-9,11,22,24-26H2,1-5H3,(H2,41,42,47)/t27-,28-,29-,38+/m1/s1. The van der Waals surface area contributed by atoms with Gasteiger partial charge in [0.25, 0.3) is 5.91 Å². The Morgan fingerprint density at radius 1 is 1.02 bits per heavy atom. The number of likely N-dealkylation sites (N-methyl/N-ethyl adjacent to an activating group) is 1. The minimum Gasteiger partial charge on any atom is -0.497 e. The van der Waals surface area contributed by atoms with Crippen molar-refractivity contribution < 1.29 is 37.3 Å². The number of rotatable bonds is 9. The molecule has 13 heteroatoms. The zero-order chi connectivity index (χ0) is 38.1. The number of benzene rings is 4. The van der Waals surface area contributed by atoms with Crippen molar-refractivity contribution in [1.82, 2.24) is 9.21 Å². The summed E-state index contributed by atoms with van der Waals surface area (Å²) in [7, 11) is -0.834. The quantitative estimate of drug-likeness (QED) is 0.174. The van der Waals surface area contributed by atoms with Crippen LogP contribution in [0.5, 0.6) is 11.5 Å². The zero-order valence-corrected chi connectivity index (χ0v) is 31.8. The molecule has 5 rings (SSSR count). The molecule has 0 unspecified atom stereocenters. The van der Waals surface area contributed by atoms with Crippen LogP contribution in [0.1, 0.15) is 50.4 Å². The second-order valence-corrected chi connectivity index (χ2v) is 15.6. The van der Waals surface area contributed by atoms with Gasteiger partial charge in [0, 0.05) is 43.7 Å². The van der Waals surface area contributed by atoms with E-state index in [9.17, 15) is 23.1 Å². The number of nitrogens with zero attached hydrogens (tertiary/aromatic N) is 2. The van der Waals surface area contributed by atoms with Crippen LogP contribution in [0.2, 0.25) is 0 Å². The molecule has 0 bridgehead atoms. The number of methoxy groups -OCH3 is 1. The summed E-state index contributed by atoms with van der Waals surface area (Å²) in [5.74, 6) is 0.153. The Morgan fingerprint density at radius 2 is 1.75 bits per heavy atom. The molecule has 0 aliphatic carbocycles. The number of sulfonamides is 1. The molecule has 284 valence electrons. The lowest BCUT2D eigenvalue weighted by molar-refractivity contribution is -0.00834. The average molecular weight is 747 g/mol. The fraction of sp³-hybridized carbons (Fsp3) is 0.400. The Hall–Kier alpha value is -4.69. The highest BCUT2D eigenvalue weighted by Crippen LogP contribution is 2.30. The van der Waals surface area contributed by atoms with Crippen molar-refractivity contribution >= 4 is 44.1 Å². The third kappa shape index (κ3) is 9.85. The normalized spacial score (nSPS) is 19.5. The molecule has 1 aliphatic rings. The molecule has 3 amide bonds. The molecular weight excluding hydrogens is 697 g/mol. The number of urea groups is 1. The lowest BCUT2D eigenvalue weighted by Gasteiger charge is -2.35. The first-order valence-electron chi connectivity index (χ1n) is 17.9. The number of aliphatic hydroxyl groups is 1. The summed E-state index contributed by atoms with van der Waals surface area (Å²) in [6.07, 6.45) is 1.39. The van der Waals surface area contributed by atoms with E-state index in [2.05, 4.69) is 10.6 Å². The topological polar surface area (TPSA) is 147 Å². The number of anilines is 2. The van der Waals surface area contributed by atoms with Crippen LogP contribution >= 0.6 is 0 Å². The molecule has 0 aromatic heterocycles. The lowest BCUT2D eigenvalue weighted by Crippen LogP contribution is -2.48. The van der Waals surface area contributed by atoms with Gasteiger partial charge < -0.3 is 34.9 Å². The minimum absolute atomic E-state index is 0.0427. The largest absolute Gasteiger partial charge is 0.497 e. The molecule has 0 saturated heterocycles. The van der Waals surface area contributed by atoms with Crippen molar-refractivity contribution in [3.05, 3.63) is 90.5 Å². The molecule has 12 nitrogen and oxygen atoms in total. The van der Waals surface area contributed by atoms with Crippen molar-refractivity contribution in [3.8, 4) is 11.5 Å². The molecule has 3 N–H and O–H groups in total. The van der Waals surface area contributed by atoms with E-state index >= 15 is 0 Å². The monoisotopic (exact) mass is 746 g/mol. The number of aliphatic hydroxyl groups excluding tert-OH is 1. The maximum Gasteiger partial charge on any atom is 0.323 e. The molecule has 4 aromatic rings. The fourth-order valence-corrected chi connectivity index (χ4v) is 7.54. The molecule has 0 saturated carbocycles. The number of nitrogens with one attached hydrogen (secondary N) is 2. The van der Waals surface area contributed by atoms with Crippen LogP contribution in [0, 0.1) is 5.92 Å². The van der Waals surface area contributed by atoms with E-state index in [-0.39, 0.29) is 42.2 Å². The van der Waals surface area contributed by atoms with Gasteiger partial charge in [-0.05, 0) is 87.0 Å². The van der Waals surface area contributed by atoms with Crippen molar-refractivity contribution in [2.45, 2.75) is 63.2 Å². The molecule has 4 atom stereocenters. The molecule has 0 radical (unpaired) electrons. The predicted octanol–water partition coefficient (Wildman–Crippen LogP) is 6.61. The maximum atomic E-state index is 14.5. The van der Waals surface area contributed by atoms with Crippen molar-refractivity contribution in [1.29, 1.82) is 0 Å². The SMILES string of the molecule is COc1ccc(S(=O)(=O)N(C)C[C@@H]2OCCCC[C@@H](C)Oc3ccc(NC(=O)Nc4cccc5ccccc45)cc3C(=O)N([C@H](C)CO)C[C@H]2C)cc1. The van der Waals surface area contributed by atoms with Crippen LogP contribution in [0.25, 0.3) is 10.8 Å².